The predicted octanol–water partition coefficient (Wildman–Crippen LogP) is 1.70. The summed E-state index contributed by atoms with van der Waals surface area (Å²) < 4.78 is 0. The molecule has 42 heavy (non-hydrogen) atoms. The fraction of sp³-hybridized carbons (Fsp3) is 0.355. The molecule has 0 saturated heterocycles. The van der Waals surface area contributed by atoms with Crippen LogP contribution in [-0.2, 0) is 20.8 Å². The Morgan fingerprint density at radius 2 is 1.79 bits per heavy atom. The van der Waals surface area contributed by atoms with Gasteiger partial charge in [0.05, 0.1) is 34.3 Å². The second-order valence-corrected chi connectivity index (χ2v) is 12.0. The van der Waals surface area contributed by atoms with E-state index in [0.29, 0.717) is 11.1 Å². The molecule has 218 valence electrons. The van der Waals surface area contributed by atoms with Crippen LogP contribution in [0.4, 0.5) is 0 Å². The number of ketones is 2. The third-order valence-corrected chi connectivity index (χ3v) is 9.00. The van der Waals surface area contributed by atoms with Gasteiger partial charge < -0.3 is 32.5 Å². The largest absolute Gasteiger partial charge is 0.509 e. The summed E-state index contributed by atoms with van der Waals surface area (Å²) in [7, 11) is 2.95. The molecular formula is C31H33N5O6. The maximum Gasteiger partial charge on any atom is 0.255 e. The van der Waals surface area contributed by atoms with Crippen molar-refractivity contribution in [1.29, 1.82) is 5.26 Å². The lowest BCUT2D eigenvalue weighted by atomic mass is 9.47. The van der Waals surface area contributed by atoms with Crippen LogP contribution in [0.5, 0.6) is 5.75 Å². The number of amides is 1. The molecule has 5 rings (SSSR count). The Bertz CT molecular complexity index is 1700. The van der Waals surface area contributed by atoms with E-state index in [-0.39, 0.29) is 23.7 Å². The molecule has 2 aromatic carbocycles. The standard InChI is InChI=1S/C31H33N5O6/c1-14(2)15-6-5-7-16(10-15)17-8-9-19(37)20-18(17)11-29(34)12-31(35)25(36(3)4)24(39)21(28(33)42)26(40)30(31,13-32)27(41)22(29)23(20)38/h5-10,14,25,37-38,40H,11-12,34-35H2,1-4H3,(H2,33,42)/t25-,29-,30+,31-/m1/s1. The first kappa shape index (κ1) is 29.0. The number of aliphatic hydroxyl groups is 2. The maximum atomic E-state index is 14.5. The van der Waals surface area contributed by atoms with Crippen LogP contribution in [0.1, 0.15) is 42.9 Å². The number of nitrogens with zero attached hydrogens (tertiary/aromatic N) is 2. The molecule has 0 heterocycles. The average Bonchev–Trinajstić information content (AvgIpc) is 2.87. The highest BCUT2D eigenvalue weighted by atomic mass is 16.3. The topological polar surface area (TPSA) is 217 Å². The first-order valence-electron chi connectivity index (χ1n) is 13.4. The zero-order chi connectivity index (χ0) is 31.1. The van der Waals surface area contributed by atoms with Crippen LogP contribution < -0.4 is 17.2 Å². The lowest BCUT2D eigenvalue weighted by Gasteiger charge is -2.58. The molecule has 0 aromatic heterocycles. The molecule has 0 bridgehead atoms. The van der Waals surface area contributed by atoms with E-state index in [2.05, 4.69) is 13.8 Å². The third-order valence-electron chi connectivity index (χ3n) is 9.00. The van der Waals surface area contributed by atoms with Gasteiger partial charge in [0.1, 0.15) is 22.8 Å². The van der Waals surface area contributed by atoms with Gasteiger partial charge in [-0.15, -0.1) is 0 Å². The van der Waals surface area contributed by atoms with Gasteiger partial charge in [-0.2, -0.15) is 5.26 Å². The summed E-state index contributed by atoms with van der Waals surface area (Å²) in [5.74, 6) is -5.42. The number of Topliss-reactive ketones (excluding diaryl/α,β-unsaturated/α-hetero) is 2. The number of rotatable bonds is 4. The molecule has 3 aliphatic rings. The summed E-state index contributed by atoms with van der Waals surface area (Å²) in [6.07, 6.45) is -0.533. The van der Waals surface area contributed by atoms with Gasteiger partial charge in [-0.3, -0.25) is 19.3 Å². The van der Waals surface area contributed by atoms with Crippen molar-refractivity contribution in [3.05, 3.63) is 70.0 Å². The van der Waals surface area contributed by atoms with Crippen molar-refractivity contribution in [2.75, 3.05) is 14.1 Å². The quantitative estimate of drug-likeness (QED) is 0.292. The number of likely N-dealkylation sites (N-methyl/N-ethyl adjacent to an activating group) is 1. The number of nitriles is 1. The molecule has 0 spiro atoms. The Labute approximate surface area is 242 Å². The fourth-order valence-corrected chi connectivity index (χ4v) is 7.17. The van der Waals surface area contributed by atoms with Crippen molar-refractivity contribution in [3.63, 3.8) is 0 Å². The molecule has 11 heteroatoms. The number of fused-ring (bicyclic) bond motifs is 3. The summed E-state index contributed by atoms with van der Waals surface area (Å²) in [6, 6.07) is 11.2. The van der Waals surface area contributed by atoms with Crippen LogP contribution >= 0.6 is 0 Å². The van der Waals surface area contributed by atoms with Crippen molar-refractivity contribution >= 4 is 23.2 Å². The van der Waals surface area contributed by atoms with Crippen molar-refractivity contribution in [2.45, 2.75) is 49.7 Å². The van der Waals surface area contributed by atoms with E-state index in [9.17, 15) is 35.0 Å². The molecule has 0 radical (unpaired) electrons. The van der Waals surface area contributed by atoms with Crippen LogP contribution in [0.15, 0.2) is 53.3 Å². The normalized spacial score (nSPS) is 28.9. The zero-order valence-corrected chi connectivity index (χ0v) is 23.7. The van der Waals surface area contributed by atoms with Gasteiger partial charge in [0.25, 0.3) is 5.91 Å². The van der Waals surface area contributed by atoms with Gasteiger partial charge in [0.2, 0.25) is 0 Å². The number of primary amides is 1. The number of benzene rings is 2. The minimum atomic E-state index is -2.69. The molecule has 1 amide bonds. The number of nitrogens with two attached hydrogens (primary N) is 3. The number of hydrogen-bond donors (Lipinski definition) is 6. The second-order valence-electron chi connectivity index (χ2n) is 12.0. The van der Waals surface area contributed by atoms with E-state index in [1.807, 2.05) is 24.3 Å². The number of aliphatic hydroxyl groups excluding tert-OH is 2. The molecule has 4 atom stereocenters. The molecule has 2 aromatic rings. The highest BCUT2D eigenvalue weighted by Gasteiger charge is 2.74. The third kappa shape index (κ3) is 3.52. The van der Waals surface area contributed by atoms with E-state index < -0.39 is 69.1 Å². The second kappa shape index (κ2) is 9.25. The minimum absolute atomic E-state index is 0.0425. The van der Waals surface area contributed by atoms with Gasteiger partial charge in [-0.25, -0.2) is 0 Å². The molecule has 1 saturated carbocycles. The lowest BCUT2D eigenvalue weighted by Crippen LogP contribution is -2.80. The summed E-state index contributed by atoms with van der Waals surface area (Å²) >= 11 is 0. The monoisotopic (exact) mass is 571 g/mol. The van der Waals surface area contributed by atoms with E-state index in [1.165, 1.54) is 25.1 Å². The average molecular weight is 572 g/mol. The molecule has 11 nitrogen and oxygen atoms in total. The van der Waals surface area contributed by atoms with Gasteiger partial charge in [-0.05, 0) is 61.2 Å². The Balaban J connectivity index is 1.84. The Kier molecular flexibility index (Phi) is 6.39. The summed E-state index contributed by atoms with van der Waals surface area (Å²) in [5.41, 5.74) is 14.3. The van der Waals surface area contributed by atoms with E-state index in [1.54, 1.807) is 12.1 Å². The number of carbonyl (C=O) groups is 3. The number of hydrogen-bond acceptors (Lipinski definition) is 10. The van der Waals surface area contributed by atoms with Crippen LogP contribution in [0.25, 0.3) is 16.9 Å². The fourth-order valence-electron chi connectivity index (χ4n) is 7.17. The summed E-state index contributed by atoms with van der Waals surface area (Å²) in [5, 5.41) is 44.4. The van der Waals surface area contributed by atoms with Crippen LogP contribution in [0, 0.1) is 16.7 Å². The summed E-state index contributed by atoms with van der Waals surface area (Å²) in [6.45, 7) is 4.11. The molecule has 0 unspecified atom stereocenters. The lowest BCUT2D eigenvalue weighted by molar-refractivity contribution is -0.139. The first-order valence-corrected chi connectivity index (χ1v) is 13.4. The number of phenols is 1. The zero-order valence-electron chi connectivity index (χ0n) is 23.7. The van der Waals surface area contributed by atoms with Gasteiger partial charge in [-0.1, -0.05) is 44.2 Å². The van der Waals surface area contributed by atoms with Crippen molar-refractivity contribution < 1.29 is 29.7 Å². The molecule has 9 N–H and O–H groups in total. The first-order chi connectivity index (χ1) is 19.6. The predicted molar refractivity (Wildman–Crippen MR) is 154 cm³/mol. The Morgan fingerprint density at radius 3 is 2.36 bits per heavy atom. The van der Waals surface area contributed by atoms with Crippen LogP contribution in [0.3, 0.4) is 0 Å². The van der Waals surface area contributed by atoms with Crippen LogP contribution in [-0.4, -0.2) is 68.9 Å². The number of phenolic OH excluding ortho intramolecular Hbond substituents is 1. The van der Waals surface area contributed by atoms with Crippen LogP contribution in [0.2, 0.25) is 0 Å². The van der Waals surface area contributed by atoms with E-state index in [4.69, 9.17) is 17.2 Å². The van der Waals surface area contributed by atoms with Crippen molar-refractivity contribution in [2.24, 2.45) is 22.6 Å². The SMILES string of the molecule is CC(C)c1cccc(-c2ccc(O)c3c2C[C@@]2(N)C[C@@]4(N)[C@H](N(C)C)C(=O)C(C(N)=O)=C(O)[C@@]4(C#N)C(=O)C2=C3O)c1. The molecular weight excluding hydrogens is 538 g/mol. The van der Waals surface area contributed by atoms with Gasteiger partial charge in [0.15, 0.2) is 17.0 Å². The summed E-state index contributed by atoms with van der Waals surface area (Å²) in [4.78, 5) is 41.7. The molecule has 0 aliphatic heterocycles. The highest BCUT2D eigenvalue weighted by molar-refractivity contribution is 6.25. The van der Waals surface area contributed by atoms with Crippen molar-refractivity contribution in [1.82, 2.24) is 4.90 Å². The Hall–Kier alpha value is -4.50. The molecule has 1 fully saturated rings. The van der Waals surface area contributed by atoms with E-state index in [0.717, 1.165) is 11.1 Å². The number of aromatic hydroxyl groups is 1. The van der Waals surface area contributed by atoms with Gasteiger partial charge in [0, 0.05) is 0 Å². The van der Waals surface area contributed by atoms with Gasteiger partial charge >= 0.3 is 0 Å². The highest BCUT2D eigenvalue weighted by Crippen LogP contribution is 2.58. The Morgan fingerprint density at radius 1 is 1.12 bits per heavy atom. The molecule has 3 aliphatic carbocycles. The minimum Gasteiger partial charge on any atom is -0.509 e. The van der Waals surface area contributed by atoms with Crippen molar-refractivity contribution in [3.8, 4) is 22.9 Å². The maximum absolute atomic E-state index is 14.5. The number of carbonyl (C=O) groups excluding carboxylic acids is 3. The van der Waals surface area contributed by atoms with E-state index >= 15 is 0 Å². The smallest absolute Gasteiger partial charge is 0.255 e.